The minimum Gasteiger partial charge on any atom is -0.479 e. The van der Waals surface area contributed by atoms with Crippen LogP contribution < -0.4 is 11.1 Å². The Morgan fingerprint density at radius 3 is 2.31 bits per heavy atom. The van der Waals surface area contributed by atoms with Crippen molar-refractivity contribution in [1.29, 1.82) is 0 Å². The summed E-state index contributed by atoms with van der Waals surface area (Å²) in [6.07, 6.45) is -9.59. The van der Waals surface area contributed by atoms with E-state index in [1.165, 1.54) is 19.1 Å². The zero-order chi connectivity index (χ0) is 40.1. The Morgan fingerprint density at radius 1 is 0.982 bits per heavy atom. The van der Waals surface area contributed by atoms with E-state index in [-0.39, 0.29) is 43.3 Å². The Balaban J connectivity index is 1.70. The largest absolute Gasteiger partial charge is 0.479 e. The second-order valence-electron chi connectivity index (χ2n) is 14.8. The van der Waals surface area contributed by atoms with Gasteiger partial charge in [0.2, 0.25) is 5.91 Å². The van der Waals surface area contributed by atoms with E-state index in [0.717, 1.165) is 32.1 Å². The Hall–Kier alpha value is -2.81. The lowest BCUT2D eigenvalue weighted by molar-refractivity contribution is -0.337. The molecule has 7 unspecified atom stereocenters. The molecule has 312 valence electrons. The quantitative estimate of drug-likeness (QED) is 0.0642. The third-order valence-corrected chi connectivity index (χ3v) is 10.7. The van der Waals surface area contributed by atoms with Gasteiger partial charge >= 0.3 is 11.9 Å². The third-order valence-electron chi connectivity index (χ3n) is 10.7. The van der Waals surface area contributed by atoms with Gasteiger partial charge in [-0.3, -0.25) is 4.79 Å². The minimum atomic E-state index is -1.66. The summed E-state index contributed by atoms with van der Waals surface area (Å²) in [5.41, 5.74) is 5.76. The van der Waals surface area contributed by atoms with Crippen molar-refractivity contribution in [2.45, 2.75) is 133 Å². The van der Waals surface area contributed by atoms with E-state index in [9.17, 15) is 45.0 Å². The zero-order valence-electron chi connectivity index (χ0n) is 31.6. The molecule has 0 spiro atoms. The Kier molecular flexibility index (Phi) is 18.1. The van der Waals surface area contributed by atoms with E-state index in [2.05, 4.69) is 5.32 Å². The Morgan fingerprint density at radius 2 is 1.69 bits per heavy atom. The summed E-state index contributed by atoms with van der Waals surface area (Å²) in [7, 11) is 0. The monoisotopic (exact) mass is 784 g/mol. The maximum Gasteiger partial charge on any atom is 0.338 e. The van der Waals surface area contributed by atoms with Gasteiger partial charge in [0, 0.05) is 19.0 Å². The first-order valence-electron chi connectivity index (χ1n) is 19.3. The lowest BCUT2D eigenvalue weighted by atomic mass is 9.77. The van der Waals surface area contributed by atoms with Crippen molar-refractivity contribution in [2.75, 3.05) is 32.9 Å². The van der Waals surface area contributed by atoms with Crippen LogP contribution in [0.2, 0.25) is 0 Å². The van der Waals surface area contributed by atoms with Gasteiger partial charge in [-0.05, 0) is 50.2 Å². The van der Waals surface area contributed by atoms with Gasteiger partial charge in [-0.2, -0.15) is 0 Å². The third kappa shape index (κ3) is 12.6. The smallest absolute Gasteiger partial charge is 0.338 e. The van der Waals surface area contributed by atoms with Crippen molar-refractivity contribution in [3.05, 3.63) is 35.9 Å². The summed E-state index contributed by atoms with van der Waals surface area (Å²) < 4.78 is 36.7. The molecule has 1 aromatic rings. The topological polar surface area (TPSA) is 266 Å². The van der Waals surface area contributed by atoms with Crippen LogP contribution in [0.25, 0.3) is 0 Å². The number of rotatable bonds is 20. The number of hydrogen-bond acceptors (Lipinski definition) is 15. The molecule has 1 amide bonds. The van der Waals surface area contributed by atoms with Gasteiger partial charge in [-0.15, -0.1) is 0 Å². The molecule has 1 heterocycles. The molecule has 2 aliphatic carbocycles. The molecule has 2 saturated carbocycles. The van der Waals surface area contributed by atoms with E-state index < -0.39 is 111 Å². The summed E-state index contributed by atoms with van der Waals surface area (Å²) >= 11 is 0. The number of aliphatic carboxylic acids is 1. The van der Waals surface area contributed by atoms with Crippen LogP contribution in [0.1, 0.15) is 75.6 Å². The van der Waals surface area contributed by atoms with Gasteiger partial charge in [-0.1, -0.05) is 57.2 Å². The second-order valence-corrected chi connectivity index (χ2v) is 14.8. The van der Waals surface area contributed by atoms with E-state index in [1.54, 1.807) is 25.1 Å². The number of ether oxygens (including phenoxy) is 6. The van der Waals surface area contributed by atoms with Gasteiger partial charge < -0.3 is 70.1 Å². The number of aliphatic hydroxyl groups excluding tert-OH is 5. The van der Waals surface area contributed by atoms with Gasteiger partial charge in [0.1, 0.15) is 24.4 Å². The van der Waals surface area contributed by atoms with Gasteiger partial charge in [-0.25, -0.2) is 9.59 Å². The summed E-state index contributed by atoms with van der Waals surface area (Å²) in [5.74, 6) is -3.42. The SMILES string of the molecule is CC1CC(C(=O)NCCN)C[C@@H](O[C@@H]2OC(CO)[C@H](O)C(O[C@@H](CC3CCCCC3)C(=O)O)C2OC(=O)c2ccccc2)C1O[C@@H](CO)OC(C)[C@@H](O)CO. The highest BCUT2D eigenvalue weighted by Crippen LogP contribution is 2.38. The fourth-order valence-corrected chi connectivity index (χ4v) is 7.64. The highest BCUT2D eigenvalue weighted by Gasteiger charge is 2.53. The highest BCUT2D eigenvalue weighted by atomic mass is 16.7. The lowest BCUT2D eigenvalue weighted by Gasteiger charge is -2.47. The van der Waals surface area contributed by atoms with Crippen molar-refractivity contribution in [3.8, 4) is 0 Å². The normalized spacial score (nSPS) is 31.2. The number of amides is 1. The molecule has 17 heteroatoms. The molecule has 1 aliphatic heterocycles. The second kappa shape index (κ2) is 22.2. The first kappa shape index (κ1) is 44.9. The van der Waals surface area contributed by atoms with Crippen LogP contribution in [0.4, 0.5) is 0 Å². The average Bonchev–Trinajstić information content (AvgIpc) is 3.19. The van der Waals surface area contributed by atoms with Gasteiger partial charge in [0.15, 0.2) is 24.8 Å². The molecule has 13 atom stereocenters. The zero-order valence-corrected chi connectivity index (χ0v) is 31.6. The number of esters is 1. The summed E-state index contributed by atoms with van der Waals surface area (Å²) in [5, 5.41) is 64.6. The maximum atomic E-state index is 13.6. The molecule has 3 fully saturated rings. The summed E-state index contributed by atoms with van der Waals surface area (Å²) in [6.45, 7) is 1.74. The van der Waals surface area contributed by atoms with Crippen molar-refractivity contribution >= 4 is 17.8 Å². The molecule has 3 aliphatic rings. The number of carbonyl (C=O) groups is 3. The fraction of sp³-hybridized carbons (Fsp3) is 0.763. The Bertz CT molecular complexity index is 1320. The number of nitrogens with one attached hydrogen (secondary N) is 1. The molecule has 4 rings (SSSR count). The molecule has 9 N–H and O–H groups in total. The first-order valence-corrected chi connectivity index (χ1v) is 19.3. The van der Waals surface area contributed by atoms with Crippen molar-refractivity contribution in [1.82, 2.24) is 5.32 Å². The number of carbonyl (C=O) groups excluding carboxylic acids is 2. The highest BCUT2D eigenvalue weighted by molar-refractivity contribution is 5.89. The van der Waals surface area contributed by atoms with Gasteiger partial charge in [0.05, 0.1) is 43.7 Å². The van der Waals surface area contributed by atoms with Crippen LogP contribution in [0.15, 0.2) is 30.3 Å². The van der Waals surface area contributed by atoms with Crippen LogP contribution in [0, 0.1) is 17.8 Å². The number of hydrogen-bond donors (Lipinski definition) is 8. The fourth-order valence-electron chi connectivity index (χ4n) is 7.64. The number of benzene rings is 1. The first-order chi connectivity index (χ1) is 26.4. The predicted octanol–water partition coefficient (Wildman–Crippen LogP) is 0.0670. The Labute approximate surface area is 321 Å². The van der Waals surface area contributed by atoms with E-state index in [4.69, 9.17) is 34.2 Å². The summed E-state index contributed by atoms with van der Waals surface area (Å²) in [6, 6.07) is 7.97. The molecule has 1 saturated heterocycles. The van der Waals surface area contributed by atoms with Gasteiger partial charge in [0.25, 0.3) is 0 Å². The van der Waals surface area contributed by atoms with Crippen LogP contribution >= 0.6 is 0 Å². The molecule has 0 aromatic heterocycles. The molecule has 0 bridgehead atoms. The summed E-state index contributed by atoms with van der Waals surface area (Å²) in [4.78, 5) is 39.5. The van der Waals surface area contributed by atoms with E-state index in [0.29, 0.717) is 6.42 Å². The molecular weight excluding hydrogens is 724 g/mol. The number of nitrogens with two attached hydrogens (primary N) is 1. The lowest BCUT2D eigenvalue weighted by Crippen LogP contribution is -2.63. The number of carboxylic acids is 1. The molecule has 0 radical (unpaired) electrons. The van der Waals surface area contributed by atoms with Crippen LogP contribution in [0.5, 0.6) is 0 Å². The molecule has 55 heavy (non-hydrogen) atoms. The van der Waals surface area contributed by atoms with Crippen molar-refractivity contribution in [2.24, 2.45) is 23.5 Å². The van der Waals surface area contributed by atoms with Crippen molar-refractivity contribution < 1.29 is 73.4 Å². The average molecular weight is 785 g/mol. The minimum absolute atomic E-state index is 0.0227. The molecule has 17 nitrogen and oxygen atoms in total. The van der Waals surface area contributed by atoms with E-state index >= 15 is 0 Å². The van der Waals surface area contributed by atoms with Crippen molar-refractivity contribution in [3.63, 3.8) is 0 Å². The maximum absolute atomic E-state index is 13.6. The molecule has 1 aromatic carbocycles. The van der Waals surface area contributed by atoms with Crippen LogP contribution in [-0.2, 0) is 38.0 Å². The number of aliphatic hydroxyl groups is 5. The molecular formula is C38H60N2O15. The predicted molar refractivity (Wildman–Crippen MR) is 193 cm³/mol. The van der Waals surface area contributed by atoms with Crippen LogP contribution in [0.3, 0.4) is 0 Å². The van der Waals surface area contributed by atoms with Crippen LogP contribution in [-0.4, -0.2) is 149 Å². The number of carboxylic acid groups (broad SMARTS) is 1. The standard InChI is InChI=1S/C38H60N2O15/c1-21-15-25(35(46)40-14-13-39)17-27(32(21)54-30(20-43)50-22(2)26(44)18-41)52-38-34(55-37(49)24-11-7-4-8-12-24)33(31(45)29(19-42)53-38)51-28(36(47)48)16-23-9-5-3-6-10-23/h4,7-8,11-12,21-23,25-34,38,41-45H,3,5-6,9-10,13-20,39H2,1-2H3,(H,40,46)(H,47,48)/t21?,22?,25?,26-,27+,28-,29?,30-,31-,32?,33?,34?,38+/m0/s1. The van der Waals surface area contributed by atoms with E-state index in [1.807, 2.05) is 0 Å².